The van der Waals surface area contributed by atoms with Gasteiger partial charge in [0.15, 0.2) is 0 Å². The number of hydrogen-bond acceptors (Lipinski definition) is 4. The van der Waals surface area contributed by atoms with E-state index in [9.17, 15) is 4.79 Å². The van der Waals surface area contributed by atoms with E-state index in [1.807, 2.05) is 44.2 Å². The minimum atomic E-state index is -0.421. The zero-order chi connectivity index (χ0) is 16.8. The second-order valence-electron chi connectivity index (χ2n) is 5.69. The Morgan fingerprint density at radius 3 is 2.52 bits per heavy atom. The number of nitrogens with zero attached hydrogens (tertiary/aromatic N) is 1. The fraction of sp³-hybridized carbons (Fsp3) is 0.368. The number of nitrogens with two attached hydrogens (primary N) is 1. The van der Waals surface area contributed by atoms with Gasteiger partial charge in [0, 0.05) is 5.69 Å². The molecule has 0 bridgehead atoms. The maximum Gasteiger partial charge on any atom is 0.341 e. The highest BCUT2D eigenvalue weighted by molar-refractivity contribution is 5.98. The van der Waals surface area contributed by atoms with Gasteiger partial charge in [-0.15, -0.1) is 0 Å². The molecule has 0 unspecified atom stereocenters. The van der Waals surface area contributed by atoms with Gasteiger partial charge in [-0.3, -0.25) is 10.7 Å². The topological polar surface area (TPSA) is 65.2 Å². The van der Waals surface area contributed by atoms with E-state index in [0.717, 1.165) is 36.1 Å². The number of carbonyl (C=O) groups excluding carboxylic acids is 1. The fourth-order valence-corrected chi connectivity index (χ4v) is 2.59. The lowest BCUT2D eigenvalue weighted by molar-refractivity contribution is 0.0515. The van der Waals surface area contributed by atoms with Crippen LogP contribution in [-0.4, -0.2) is 17.7 Å². The number of aryl methyl sites for hydroxylation is 3. The summed E-state index contributed by atoms with van der Waals surface area (Å²) in [6.45, 7) is 5.90. The first-order valence-corrected chi connectivity index (χ1v) is 8.01. The van der Waals surface area contributed by atoms with Crippen LogP contribution in [0.25, 0.3) is 11.1 Å². The van der Waals surface area contributed by atoms with Crippen molar-refractivity contribution in [3.63, 3.8) is 0 Å². The SMILES string of the molecule is CCCCc1cc(-c2ccc(C)cc2)c(C(=O)OCN)c(C)n1. The Morgan fingerprint density at radius 2 is 1.91 bits per heavy atom. The maximum absolute atomic E-state index is 12.3. The Morgan fingerprint density at radius 1 is 1.22 bits per heavy atom. The maximum atomic E-state index is 12.3. The zero-order valence-corrected chi connectivity index (χ0v) is 14.1. The summed E-state index contributed by atoms with van der Waals surface area (Å²) < 4.78 is 5.01. The molecular weight excluding hydrogens is 288 g/mol. The van der Waals surface area contributed by atoms with E-state index in [1.54, 1.807) is 0 Å². The van der Waals surface area contributed by atoms with E-state index in [-0.39, 0.29) is 6.73 Å². The molecule has 1 heterocycles. The normalized spacial score (nSPS) is 10.6. The summed E-state index contributed by atoms with van der Waals surface area (Å²) >= 11 is 0. The molecule has 2 aromatic rings. The summed E-state index contributed by atoms with van der Waals surface area (Å²) in [5.74, 6) is -0.421. The van der Waals surface area contributed by atoms with Gasteiger partial charge in [-0.05, 0) is 43.9 Å². The summed E-state index contributed by atoms with van der Waals surface area (Å²) in [6, 6.07) is 10.1. The van der Waals surface area contributed by atoms with Crippen molar-refractivity contribution in [3.05, 3.63) is 52.8 Å². The van der Waals surface area contributed by atoms with Crippen molar-refractivity contribution in [1.29, 1.82) is 0 Å². The second-order valence-corrected chi connectivity index (χ2v) is 5.69. The molecule has 0 fully saturated rings. The van der Waals surface area contributed by atoms with E-state index < -0.39 is 5.97 Å². The number of benzene rings is 1. The van der Waals surface area contributed by atoms with Crippen LogP contribution in [0.1, 0.15) is 47.1 Å². The second kappa shape index (κ2) is 7.88. The average molecular weight is 312 g/mol. The summed E-state index contributed by atoms with van der Waals surface area (Å²) in [6.07, 6.45) is 3.09. The number of ether oxygens (including phenoxy) is 1. The van der Waals surface area contributed by atoms with Gasteiger partial charge in [-0.2, -0.15) is 0 Å². The lowest BCUT2D eigenvalue weighted by Crippen LogP contribution is -2.15. The Bertz CT molecular complexity index is 679. The van der Waals surface area contributed by atoms with Crippen molar-refractivity contribution in [2.24, 2.45) is 5.73 Å². The van der Waals surface area contributed by atoms with E-state index in [0.29, 0.717) is 11.3 Å². The minimum absolute atomic E-state index is 0.136. The highest BCUT2D eigenvalue weighted by Gasteiger charge is 2.19. The zero-order valence-electron chi connectivity index (χ0n) is 14.1. The van der Waals surface area contributed by atoms with Crippen LogP contribution in [0.15, 0.2) is 30.3 Å². The third kappa shape index (κ3) is 4.17. The smallest absolute Gasteiger partial charge is 0.341 e. The Kier molecular flexibility index (Phi) is 5.88. The number of aromatic nitrogens is 1. The lowest BCUT2D eigenvalue weighted by atomic mass is 9.96. The van der Waals surface area contributed by atoms with Crippen molar-refractivity contribution in [3.8, 4) is 11.1 Å². The van der Waals surface area contributed by atoms with Gasteiger partial charge in [-0.1, -0.05) is 43.2 Å². The predicted molar refractivity (Wildman–Crippen MR) is 92.2 cm³/mol. The lowest BCUT2D eigenvalue weighted by Gasteiger charge is -2.14. The summed E-state index contributed by atoms with van der Waals surface area (Å²) in [5.41, 5.74) is 10.6. The number of hydrogen-bond donors (Lipinski definition) is 1. The van der Waals surface area contributed by atoms with E-state index in [2.05, 4.69) is 11.9 Å². The van der Waals surface area contributed by atoms with Crippen LogP contribution < -0.4 is 5.73 Å². The molecule has 0 radical (unpaired) electrons. The van der Waals surface area contributed by atoms with Crippen LogP contribution in [-0.2, 0) is 11.2 Å². The van der Waals surface area contributed by atoms with E-state index in [1.165, 1.54) is 5.56 Å². The van der Waals surface area contributed by atoms with Crippen molar-refractivity contribution >= 4 is 5.97 Å². The van der Waals surface area contributed by atoms with Crippen LogP contribution in [0.2, 0.25) is 0 Å². The predicted octanol–water partition coefficient (Wildman–Crippen LogP) is 3.78. The largest absolute Gasteiger partial charge is 0.446 e. The third-order valence-electron chi connectivity index (χ3n) is 3.82. The van der Waals surface area contributed by atoms with Gasteiger partial charge in [-0.25, -0.2) is 4.79 Å². The minimum Gasteiger partial charge on any atom is -0.446 e. The monoisotopic (exact) mass is 312 g/mol. The van der Waals surface area contributed by atoms with Crippen molar-refractivity contribution in [2.75, 3.05) is 6.73 Å². The van der Waals surface area contributed by atoms with Crippen LogP contribution >= 0.6 is 0 Å². The molecule has 0 aliphatic carbocycles. The van der Waals surface area contributed by atoms with Crippen molar-refractivity contribution in [2.45, 2.75) is 40.0 Å². The molecule has 2 rings (SSSR count). The standard InChI is InChI=1S/C19H24N2O2/c1-4-5-6-16-11-17(15-9-7-13(2)8-10-15)18(14(3)21-16)19(22)23-12-20/h7-11H,4-6,12,20H2,1-3H3. The number of carbonyl (C=O) groups is 1. The van der Waals surface area contributed by atoms with Crippen LogP contribution in [0.4, 0.5) is 0 Å². The van der Waals surface area contributed by atoms with Gasteiger partial charge in [0.05, 0.1) is 11.3 Å². The summed E-state index contributed by atoms with van der Waals surface area (Å²) in [4.78, 5) is 16.9. The first-order chi connectivity index (χ1) is 11.1. The highest BCUT2D eigenvalue weighted by atomic mass is 16.5. The quantitative estimate of drug-likeness (QED) is 0.651. The molecule has 1 aromatic carbocycles. The molecule has 122 valence electrons. The fourth-order valence-electron chi connectivity index (χ4n) is 2.59. The third-order valence-corrected chi connectivity index (χ3v) is 3.82. The molecule has 0 spiro atoms. The number of esters is 1. The molecule has 0 aliphatic heterocycles. The summed E-state index contributed by atoms with van der Waals surface area (Å²) in [7, 11) is 0. The molecule has 0 saturated carbocycles. The average Bonchev–Trinajstić information content (AvgIpc) is 2.53. The van der Waals surface area contributed by atoms with Crippen molar-refractivity contribution in [1.82, 2.24) is 4.98 Å². The Balaban J connectivity index is 2.55. The molecule has 0 aliphatic rings. The molecule has 2 N–H and O–H groups in total. The van der Waals surface area contributed by atoms with Crippen LogP contribution in [0, 0.1) is 13.8 Å². The molecule has 23 heavy (non-hydrogen) atoms. The van der Waals surface area contributed by atoms with Gasteiger partial charge < -0.3 is 4.74 Å². The molecule has 4 heteroatoms. The molecule has 1 aromatic heterocycles. The van der Waals surface area contributed by atoms with Crippen LogP contribution in [0.5, 0.6) is 0 Å². The summed E-state index contributed by atoms with van der Waals surface area (Å²) in [5, 5.41) is 0. The van der Waals surface area contributed by atoms with E-state index >= 15 is 0 Å². The van der Waals surface area contributed by atoms with Crippen molar-refractivity contribution < 1.29 is 9.53 Å². The van der Waals surface area contributed by atoms with Gasteiger partial charge in [0.1, 0.15) is 6.73 Å². The van der Waals surface area contributed by atoms with Gasteiger partial charge in [0.25, 0.3) is 0 Å². The Hall–Kier alpha value is -2.20. The Labute approximate surface area is 137 Å². The van der Waals surface area contributed by atoms with Gasteiger partial charge >= 0.3 is 5.97 Å². The van der Waals surface area contributed by atoms with Crippen LogP contribution in [0.3, 0.4) is 0 Å². The number of rotatable bonds is 6. The molecular formula is C19H24N2O2. The first kappa shape index (κ1) is 17.2. The highest BCUT2D eigenvalue weighted by Crippen LogP contribution is 2.28. The molecule has 4 nitrogen and oxygen atoms in total. The molecule has 0 atom stereocenters. The first-order valence-electron chi connectivity index (χ1n) is 8.01. The number of unbranched alkanes of at least 4 members (excludes halogenated alkanes) is 1. The van der Waals surface area contributed by atoms with E-state index in [4.69, 9.17) is 10.5 Å². The molecule has 0 saturated heterocycles. The van der Waals surface area contributed by atoms with Gasteiger partial charge in [0.2, 0.25) is 0 Å². The number of pyridine rings is 1. The molecule has 0 amide bonds.